The van der Waals surface area contributed by atoms with Crippen molar-refractivity contribution in [2.75, 3.05) is 13.1 Å². The zero-order valence-corrected chi connectivity index (χ0v) is 13.7. The van der Waals surface area contributed by atoms with Gasteiger partial charge in [0.15, 0.2) is 0 Å². The number of benzene rings is 1. The standard InChI is InChI=1S/C18H28FNO/c1-12(2)10-20-11-15(13(3)4)9-17-8-14-7-16(19)5-6-18(14)21-17/h5-7,12-13,15,17,20H,8-11H2,1-4H3. The molecule has 21 heavy (non-hydrogen) atoms. The van der Waals surface area contributed by atoms with E-state index in [0.717, 1.165) is 37.2 Å². The van der Waals surface area contributed by atoms with Crippen LogP contribution in [0.5, 0.6) is 5.75 Å². The van der Waals surface area contributed by atoms with Gasteiger partial charge in [-0.25, -0.2) is 4.39 Å². The van der Waals surface area contributed by atoms with Crippen molar-refractivity contribution >= 4 is 0 Å². The number of halogens is 1. The fraction of sp³-hybridized carbons (Fsp3) is 0.667. The third-order valence-corrected chi connectivity index (χ3v) is 4.23. The lowest BCUT2D eigenvalue weighted by Crippen LogP contribution is -2.32. The van der Waals surface area contributed by atoms with Gasteiger partial charge in [0.2, 0.25) is 0 Å². The molecule has 0 bridgehead atoms. The summed E-state index contributed by atoms with van der Waals surface area (Å²) >= 11 is 0. The molecule has 0 aliphatic carbocycles. The van der Waals surface area contributed by atoms with Crippen LogP contribution in [0.25, 0.3) is 0 Å². The van der Waals surface area contributed by atoms with E-state index in [0.29, 0.717) is 17.8 Å². The van der Waals surface area contributed by atoms with Gasteiger partial charge in [0, 0.05) is 12.0 Å². The van der Waals surface area contributed by atoms with Crippen LogP contribution in [0, 0.1) is 23.6 Å². The topological polar surface area (TPSA) is 21.3 Å². The Morgan fingerprint density at radius 1 is 1.24 bits per heavy atom. The van der Waals surface area contributed by atoms with Gasteiger partial charge in [-0.05, 0) is 55.5 Å². The molecule has 1 heterocycles. The Kier molecular flexibility index (Phi) is 5.63. The monoisotopic (exact) mass is 293 g/mol. The molecule has 2 nitrogen and oxygen atoms in total. The molecular weight excluding hydrogens is 265 g/mol. The van der Waals surface area contributed by atoms with Crippen molar-refractivity contribution in [1.29, 1.82) is 0 Å². The first-order valence-electron chi connectivity index (χ1n) is 8.11. The minimum atomic E-state index is -0.169. The van der Waals surface area contributed by atoms with E-state index in [9.17, 15) is 4.39 Å². The lowest BCUT2D eigenvalue weighted by Gasteiger charge is -2.24. The van der Waals surface area contributed by atoms with Crippen LogP contribution in [0.15, 0.2) is 18.2 Å². The van der Waals surface area contributed by atoms with Crippen molar-refractivity contribution in [3.8, 4) is 5.75 Å². The molecule has 0 saturated carbocycles. The summed E-state index contributed by atoms with van der Waals surface area (Å²) in [5.41, 5.74) is 1.01. The number of hydrogen-bond acceptors (Lipinski definition) is 2. The molecule has 1 aliphatic heterocycles. The molecule has 2 atom stereocenters. The molecule has 1 aliphatic rings. The molecule has 0 aromatic heterocycles. The summed E-state index contributed by atoms with van der Waals surface area (Å²) in [4.78, 5) is 0. The quantitative estimate of drug-likeness (QED) is 0.819. The molecule has 118 valence electrons. The highest BCUT2D eigenvalue weighted by Crippen LogP contribution is 2.32. The van der Waals surface area contributed by atoms with Crippen LogP contribution in [-0.4, -0.2) is 19.2 Å². The minimum Gasteiger partial charge on any atom is -0.490 e. The molecular formula is C18H28FNO. The highest BCUT2D eigenvalue weighted by molar-refractivity contribution is 5.37. The third-order valence-electron chi connectivity index (χ3n) is 4.23. The number of hydrogen-bond donors (Lipinski definition) is 1. The molecule has 1 aromatic rings. The van der Waals surface area contributed by atoms with E-state index in [1.165, 1.54) is 6.07 Å². The first kappa shape index (κ1) is 16.3. The summed E-state index contributed by atoms with van der Waals surface area (Å²) in [6.45, 7) is 11.1. The summed E-state index contributed by atoms with van der Waals surface area (Å²) < 4.78 is 19.2. The van der Waals surface area contributed by atoms with Crippen molar-refractivity contribution in [2.45, 2.75) is 46.6 Å². The van der Waals surface area contributed by atoms with Crippen LogP contribution in [0.2, 0.25) is 0 Å². The van der Waals surface area contributed by atoms with Gasteiger partial charge >= 0.3 is 0 Å². The Morgan fingerprint density at radius 2 is 2.00 bits per heavy atom. The van der Waals surface area contributed by atoms with Gasteiger partial charge < -0.3 is 10.1 Å². The normalized spacial score (nSPS) is 18.9. The summed E-state index contributed by atoms with van der Waals surface area (Å²) in [5.74, 6) is 2.57. The fourth-order valence-corrected chi connectivity index (χ4v) is 2.91. The zero-order valence-electron chi connectivity index (χ0n) is 13.7. The minimum absolute atomic E-state index is 0.169. The van der Waals surface area contributed by atoms with E-state index in [-0.39, 0.29) is 11.9 Å². The second-order valence-electron chi connectivity index (χ2n) is 6.99. The summed E-state index contributed by atoms with van der Waals surface area (Å²) in [6, 6.07) is 4.84. The van der Waals surface area contributed by atoms with E-state index in [1.54, 1.807) is 12.1 Å². The van der Waals surface area contributed by atoms with Crippen molar-refractivity contribution in [1.82, 2.24) is 5.32 Å². The van der Waals surface area contributed by atoms with Crippen molar-refractivity contribution < 1.29 is 9.13 Å². The van der Waals surface area contributed by atoms with Crippen LogP contribution in [0.3, 0.4) is 0 Å². The fourth-order valence-electron chi connectivity index (χ4n) is 2.91. The summed E-state index contributed by atoms with van der Waals surface area (Å²) in [7, 11) is 0. The molecule has 0 saturated heterocycles. The lowest BCUT2D eigenvalue weighted by atomic mass is 9.89. The van der Waals surface area contributed by atoms with Crippen LogP contribution in [0.1, 0.15) is 39.7 Å². The average molecular weight is 293 g/mol. The number of fused-ring (bicyclic) bond motifs is 1. The predicted molar refractivity (Wildman–Crippen MR) is 85.2 cm³/mol. The van der Waals surface area contributed by atoms with Crippen molar-refractivity contribution in [3.63, 3.8) is 0 Å². The Hall–Kier alpha value is -1.09. The molecule has 0 spiro atoms. The maximum absolute atomic E-state index is 13.3. The van der Waals surface area contributed by atoms with Gasteiger partial charge in [0.05, 0.1) is 0 Å². The predicted octanol–water partition coefficient (Wildman–Crippen LogP) is 4.04. The maximum atomic E-state index is 13.3. The third kappa shape index (κ3) is 4.70. The maximum Gasteiger partial charge on any atom is 0.123 e. The Morgan fingerprint density at radius 3 is 2.67 bits per heavy atom. The first-order chi connectivity index (χ1) is 9.95. The summed E-state index contributed by atoms with van der Waals surface area (Å²) in [5, 5.41) is 3.55. The Balaban J connectivity index is 1.87. The van der Waals surface area contributed by atoms with Crippen LogP contribution in [-0.2, 0) is 6.42 Å². The van der Waals surface area contributed by atoms with E-state index < -0.39 is 0 Å². The average Bonchev–Trinajstić information content (AvgIpc) is 2.78. The van der Waals surface area contributed by atoms with E-state index in [1.807, 2.05) is 0 Å². The van der Waals surface area contributed by atoms with Crippen LogP contribution >= 0.6 is 0 Å². The number of rotatable bonds is 7. The highest BCUT2D eigenvalue weighted by Gasteiger charge is 2.27. The van der Waals surface area contributed by atoms with Gasteiger partial charge in [-0.2, -0.15) is 0 Å². The van der Waals surface area contributed by atoms with Gasteiger partial charge in [0.1, 0.15) is 17.7 Å². The first-order valence-corrected chi connectivity index (χ1v) is 8.11. The largest absolute Gasteiger partial charge is 0.490 e. The zero-order chi connectivity index (χ0) is 15.4. The molecule has 1 N–H and O–H groups in total. The molecule has 3 heteroatoms. The lowest BCUT2D eigenvalue weighted by molar-refractivity contribution is 0.172. The highest BCUT2D eigenvalue weighted by atomic mass is 19.1. The smallest absolute Gasteiger partial charge is 0.123 e. The number of ether oxygens (including phenoxy) is 1. The van der Waals surface area contributed by atoms with Gasteiger partial charge in [-0.3, -0.25) is 0 Å². The van der Waals surface area contributed by atoms with E-state index in [4.69, 9.17) is 4.74 Å². The molecule has 0 fully saturated rings. The second kappa shape index (κ2) is 7.26. The molecule has 0 radical (unpaired) electrons. The van der Waals surface area contributed by atoms with Gasteiger partial charge in [0.25, 0.3) is 0 Å². The van der Waals surface area contributed by atoms with Gasteiger partial charge in [-0.1, -0.05) is 27.7 Å². The Labute approximate surface area is 128 Å². The van der Waals surface area contributed by atoms with Crippen molar-refractivity contribution in [2.24, 2.45) is 17.8 Å². The Bertz CT molecular complexity index is 459. The van der Waals surface area contributed by atoms with Crippen molar-refractivity contribution in [3.05, 3.63) is 29.6 Å². The molecule has 2 unspecified atom stereocenters. The van der Waals surface area contributed by atoms with Gasteiger partial charge in [-0.15, -0.1) is 0 Å². The van der Waals surface area contributed by atoms with E-state index in [2.05, 4.69) is 33.0 Å². The van der Waals surface area contributed by atoms with Crippen LogP contribution in [0.4, 0.5) is 4.39 Å². The van der Waals surface area contributed by atoms with Crippen LogP contribution < -0.4 is 10.1 Å². The summed E-state index contributed by atoms with van der Waals surface area (Å²) in [6.07, 6.45) is 2.05. The SMILES string of the molecule is CC(C)CNCC(CC1Cc2cc(F)ccc2O1)C(C)C. The number of nitrogens with one attached hydrogen (secondary N) is 1. The molecule has 1 aromatic carbocycles. The molecule has 0 amide bonds. The second-order valence-corrected chi connectivity index (χ2v) is 6.99. The van der Waals surface area contributed by atoms with E-state index >= 15 is 0 Å². The molecule has 2 rings (SSSR count).